The van der Waals surface area contributed by atoms with Gasteiger partial charge in [-0.15, -0.1) is 11.3 Å². The van der Waals surface area contributed by atoms with Crippen LogP contribution < -0.4 is 11.1 Å². The van der Waals surface area contributed by atoms with Crippen molar-refractivity contribution in [2.75, 3.05) is 7.05 Å². The van der Waals surface area contributed by atoms with E-state index in [1.165, 1.54) is 11.3 Å². The molecule has 0 fully saturated rings. The maximum Gasteiger partial charge on any atom is 0.251 e. The van der Waals surface area contributed by atoms with Crippen LogP contribution in [0.5, 0.6) is 0 Å². The predicted octanol–water partition coefficient (Wildman–Crippen LogP) is 0.566. The first-order chi connectivity index (χ1) is 5.27. The zero-order valence-electron chi connectivity index (χ0n) is 6.26. The smallest absolute Gasteiger partial charge is 0.251 e. The number of amides is 1. The van der Waals surface area contributed by atoms with Gasteiger partial charge in [-0.1, -0.05) is 0 Å². The SMILES string of the molecule is CNC(=O)c1csc(CN)c1. The van der Waals surface area contributed by atoms with Gasteiger partial charge >= 0.3 is 0 Å². The number of nitrogens with two attached hydrogens (primary N) is 1. The van der Waals surface area contributed by atoms with Gasteiger partial charge in [0.05, 0.1) is 5.56 Å². The van der Waals surface area contributed by atoms with Crippen molar-refractivity contribution < 1.29 is 4.79 Å². The molecule has 1 aromatic rings. The van der Waals surface area contributed by atoms with E-state index < -0.39 is 0 Å². The average Bonchev–Trinajstić information content (AvgIpc) is 2.50. The number of carbonyl (C=O) groups is 1. The van der Waals surface area contributed by atoms with Gasteiger partial charge in [0.2, 0.25) is 0 Å². The molecule has 3 N–H and O–H groups in total. The molecule has 11 heavy (non-hydrogen) atoms. The minimum atomic E-state index is -0.0547. The molecule has 4 heteroatoms. The topological polar surface area (TPSA) is 55.1 Å². The molecule has 0 saturated carbocycles. The standard InChI is InChI=1S/C7H10N2OS/c1-9-7(10)5-2-6(3-8)11-4-5/h2,4H,3,8H2,1H3,(H,9,10). The molecule has 60 valence electrons. The van der Waals surface area contributed by atoms with E-state index in [4.69, 9.17) is 5.73 Å². The quantitative estimate of drug-likeness (QED) is 0.681. The van der Waals surface area contributed by atoms with Gasteiger partial charge in [-0.25, -0.2) is 0 Å². The van der Waals surface area contributed by atoms with E-state index in [0.717, 1.165) is 4.88 Å². The van der Waals surface area contributed by atoms with Gasteiger partial charge in [0.25, 0.3) is 5.91 Å². The van der Waals surface area contributed by atoms with E-state index in [1.54, 1.807) is 12.4 Å². The third kappa shape index (κ3) is 1.78. The molecule has 1 amide bonds. The fourth-order valence-corrected chi connectivity index (χ4v) is 1.50. The summed E-state index contributed by atoms with van der Waals surface area (Å²) in [6, 6.07) is 1.81. The monoisotopic (exact) mass is 170 g/mol. The molecule has 1 aromatic heterocycles. The summed E-state index contributed by atoms with van der Waals surface area (Å²) in [4.78, 5) is 12.0. The Morgan fingerprint density at radius 2 is 2.55 bits per heavy atom. The van der Waals surface area contributed by atoms with Gasteiger partial charge in [-0.3, -0.25) is 4.79 Å². The molecule has 1 heterocycles. The van der Waals surface area contributed by atoms with Crippen LogP contribution in [0.1, 0.15) is 15.2 Å². The highest BCUT2D eigenvalue weighted by Gasteiger charge is 2.04. The van der Waals surface area contributed by atoms with Crippen LogP contribution in [0.2, 0.25) is 0 Å². The Morgan fingerprint density at radius 1 is 1.82 bits per heavy atom. The Kier molecular flexibility index (Phi) is 2.62. The molecule has 0 aliphatic carbocycles. The van der Waals surface area contributed by atoms with Gasteiger partial charge in [-0.2, -0.15) is 0 Å². The summed E-state index contributed by atoms with van der Waals surface area (Å²) in [6.45, 7) is 0.502. The predicted molar refractivity (Wildman–Crippen MR) is 45.6 cm³/mol. The van der Waals surface area contributed by atoms with Crippen LogP contribution in [-0.2, 0) is 6.54 Å². The van der Waals surface area contributed by atoms with Crippen LogP contribution in [0.15, 0.2) is 11.4 Å². The second kappa shape index (κ2) is 3.50. The lowest BCUT2D eigenvalue weighted by atomic mass is 10.3. The van der Waals surface area contributed by atoms with Crippen LogP contribution in [0, 0.1) is 0 Å². The number of rotatable bonds is 2. The van der Waals surface area contributed by atoms with Crippen molar-refractivity contribution in [1.29, 1.82) is 0 Å². The summed E-state index contributed by atoms with van der Waals surface area (Å²) in [6.07, 6.45) is 0. The molecular weight excluding hydrogens is 160 g/mol. The van der Waals surface area contributed by atoms with Crippen LogP contribution >= 0.6 is 11.3 Å². The van der Waals surface area contributed by atoms with Crippen LogP contribution in [-0.4, -0.2) is 13.0 Å². The van der Waals surface area contributed by atoms with E-state index in [9.17, 15) is 4.79 Å². The molecule has 0 bridgehead atoms. The summed E-state index contributed by atoms with van der Waals surface area (Å²) in [5.41, 5.74) is 6.08. The van der Waals surface area contributed by atoms with E-state index in [2.05, 4.69) is 5.32 Å². The largest absolute Gasteiger partial charge is 0.355 e. The second-order valence-corrected chi connectivity index (χ2v) is 3.08. The highest BCUT2D eigenvalue weighted by atomic mass is 32.1. The highest BCUT2D eigenvalue weighted by Crippen LogP contribution is 2.13. The summed E-state index contributed by atoms with van der Waals surface area (Å²) < 4.78 is 0. The molecule has 1 rings (SSSR count). The van der Waals surface area contributed by atoms with Gasteiger partial charge in [0.1, 0.15) is 0 Å². The number of carbonyl (C=O) groups excluding carboxylic acids is 1. The summed E-state index contributed by atoms with van der Waals surface area (Å²) in [7, 11) is 1.61. The molecule has 0 aliphatic rings. The Hall–Kier alpha value is -0.870. The van der Waals surface area contributed by atoms with Crippen molar-refractivity contribution in [2.24, 2.45) is 5.73 Å². The fraction of sp³-hybridized carbons (Fsp3) is 0.286. The van der Waals surface area contributed by atoms with Crippen LogP contribution in [0.3, 0.4) is 0 Å². The molecular formula is C7H10N2OS. The molecule has 0 aliphatic heterocycles. The van der Waals surface area contributed by atoms with Crippen molar-refractivity contribution in [3.63, 3.8) is 0 Å². The molecule has 0 radical (unpaired) electrons. The highest BCUT2D eigenvalue weighted by molar-refractivity contribution is 7.10. The van der Waals surface area contributed by atoms with Gasteiger partial charge < -0.3 is 11.1 Å². The summed E-state index contributed by atoms with van der Waals surface area (Å²) in [5, 5.41) is 4.35. The maximum atomic E-state index is 11.0. The van der Waals surface area contributed by atoms with Gasteiger partial charge in [0.15, 0.2) is 0 Å². The third-order valence-corrected chi connectivity index (χ3v) is 2.30. The second-order valence-electron chi connectivity index (χ2n) is 2.08. The first-order valence-electron chi connectivity index (χ1n) is 3.27. The molecule has 3 nitrogen and oxygen atoms in total. The van der Waals surface area contributed by atoms with E-state index in [1.807, 2.05) is 6.07 Å². The lowest BCUT2D eigenvalue weighted by Crippen LogP contribution is -2.16. The Bertz CT molecular complexity index is 257. The number of hydrogen-bond donors (Lipinski definition) is 2. The lowest BCUT2D eigenvalue weighted by Gasteiger charge is -1.91. The van der Waals surface area contributed by atoms with E-state index in [0.29, 0.717) is 12.1 Å². The molecule has 0 aromatic carbocycles. The Labute approximate surface area is 69.2 Å². The first kappa shape index (κ1) is 8.23. The zero-order chi connectivity index (χ0) is 8.27. The maximum absolute atomic E-state index is 11.0. The molecule has 0 spiro atoms. The van der Waals surface area contributed by atoms with Crippen molar-refractivity contribution in [3.8, 4) is 0 Å². The number of thiophene rings is 1. The van der Waals surface area contributed by atoms with Crippen molar-refractivity contribution in [1.82, 2.24) is 5.32 Å². The van der Waals surface area contributed by atoms with Gasteiger partial charge in [0, 0.05) is 23.8 Å². The Morgan fingerprint density at radius 3 is 3.00 bits per heavy atom. The third-order valence-electron chi connectivity index (χ3n) is 1.34. The van der Waals surface area contributed by atoms with Crippen molar-refractivity contribution >= 4 is 17.2 Å². The minimum Gasteiger partial charge on any atom is -0.355 e. The molecule has 0 atom stereocenters. The summed E-state index contributed by atoms with van der Waals surface area (Å²) in [5.74, 6) is -0.0547. The minimum absolute atomic E-state index is 0.0547. The Balaban J connectivity index is 2.80. The normalized spacial score (nSPS) is 9.64. The molecule has 0 saturated heterocycles. The van der Waals surface area contributed by atoms with Crippen molar-refractivity contribution in [2.45, 2.75) is 6.54 Å². The first-order valence-corrected chi connectivity index (χ1v) is 4.15. The number of nitrogens with one attached hydrogen (secondary N) is 1. The zero-order valence-corrected chi connectivity index (χ0v) is 7.07. The fourth-order valence-electron chi connectivity index (χ4n) is 0.751. The molecule has 0 unspecified atom stereocenters. The lowest BCUT2D eigenvalue weighted by molar-refractivity contribution is 0.0963. The van der Waals surface area contributed by atoms with Gasteiger partial charge in [-0.05, 0) is 6.07 Å². The summed E-state index contributed by atoms with van der Waals surface area (Å²) >= 11 is 1.51. The average molecular weight is 170 g/mol. The van der Waals surface area contributed by atoms with E-state index in [-0.39, 0.29) is 5.91 Å². The van der Waals surface area contributed by atoms with Crippen LogP contribution in [0.4, 0.5) is 0 Å². The van der Waals surface area contributed by atoms with Crippen LogP contribution in [0.25, 0.3) is 0 Å². The number of hydrogen-bond acceptors (Lipinski definition) is 3. The van der Waals surface area contributed by atoms with E-state index >= 15 is 0 Å². The van der Waals surface area contributed by atoms with Crippen molar-refractivity contribution in [3.05, 3.63) is 21.9 Å².